The number of hydrogen-bond acceptors (Lipinski definition) is 3. The van der Waals surface area contributed by atoms with E-state index in [1.54, 1.807) is 50.2 Å². The summed E-state index contributed by atoms with van der Waals surface area (Å²) in [6, 6.07) is 10.2. The average Bonchev–Trinajstić information content (AvgIpc) is 2.84. The number of rotatable bonds is 4. The monoisotopic (exact) mass is 390 g/mol. The molecule has 2 aromatic rings. The van der Waals surface area contributed by atoms with Crippen molar-refractivity contribution in [1.29, 1.82) is 0 Å². The molecule has 5 nitrogen and oxygen atoms in total. The molecule has 0 fully saturated rings. The predicted octanol–water partition coefficient (Wildman–Crippen LogP) is 4.25. The molecule has 1 aliphatic heterocycles. The van der Waals surface area contributed by atoms with Crippen molar-refractivity contribution in [3.8, 4) is 0 Å². The molecule has 1 atom stereocenters. The number of fused-ring (bicyclic) bond motifs is 1. The van der Waals surface area contributed by atoms with E-state index in [0.717, 1.165) is 4.90 Å². The number of nitrogens with zero attached hydrogens (tertiary/aromatic N) is 1. The van der Waals surface area contributed by atoms with Crippen LogP contribution in [0.15, 0.2) is 42.5 Å². The Hall–Kier alpha value is -2.37. The number of imide groups is 1. The fraction of sp³-hybridized carbons (Fsp3) is 0.211. The van der Waals surface area contributed by atoms with E-state index in [-0.39, 0.29) is 5.92 Å². The molecule has 0 bridgehead atoms. The molecule has 1 aliphatic rings. The van der Waals surface area contributed by atoms with E-state index in [2.05, 4.69) is 5.32 Å². The van der Waals surface area contributed by atoms with Gasteiger partial charge in [-0.05, 0) is 36.2 Å². The molecule has 0 radical (unpaired) electrons. The minimum absolute atomic E-state index is 0.296. The topological polar surface area (TPSA) is 66.5 Å². The van der Waals surface area contributed by atoms with E-state index in [1.807, 2.05) is 0 Å². The summed E-state index contributed by atoms with van der Waals surface area (Å²) in [5.41, 5.74) is 0.930. The fourth-order valence-corrected chi connectivity index (χ4v) is 3.32. The molecular formula is C19H16Cl2N2O3. The highest BCUT2D eigenvalue weighted by Gasteiger charge is 2.43. The number of anilines is 1. The van der Waals surface area contributed by atoms with Gasteiger partial charge in [0.2, 0.25) is 5.91 Å². The molecule has 0 spiro atoms. The summed E-state index contributed by atoms with van der Waals surface area (Å²) in [7, 11) is 0. The van der Waals surface area contributed by atoms with Gasteiger partial charge in [0.15, 0.2) is 0 Å². The first-order valence-electron chi connectivity index (χ1n) is 8.04. The number of nitrogens with one attached hydrogen (secondary N) is 1. The first-order chi connectivity index (χ1) is 12.3. The van der Waals surface area contributed by atoms with Gasteiger partial charge in [0.1, 0.15) is 6.04 Å². The second-order valence-electron chi connectivity index (χ2n) is 6.33. The summed E-state index contributed by atoms with van der Waals surface area (Å²) in [4.78, 5) is 39.3. The molecular weight excluding hydrogens is 375 g/mol. The zero-order chi connectivity index (χ0) is 19.0. The highest BCUT2D eigenvalue weighted by atomic mass is 35.5. The van der Waals surface area contributed by atoms with E-state index in [0.29, 0.717) is 26.9 Å². The predicted molar refractivity (Wildman–Crippen MR) is 101 cm³/mol. The van der Waals surface area contributed by atoms with Crippen molar-refractivity contribution < 1.29 is 14.4 Å². The van der Waals surface area contributed by atoms with Crippen LogP contribution in [-0.2, 0) is 4.79 Å². The molecule has 7 heteroatoms. The lowest BCUT2D eigenvalue weighted by Gasteiger charge is -2.28. The van der Waals surface area contributed by atoms with E-state index in [9.17, 15) is 14.4 Å². The van der Waals surface area contributed by atoms with Crippen molar-refractivity contribution >= 4 is 46.6 Å². The molecule has 3 rings (SSSR count). The number of hydrogen-bond donors (Lipinski definition) is 1. The zero-order valence-corrected chi connectivity index (χ0v) is 15.6. The van der Waals surface area contributed by atoms with Gasteiger partial charge in [0.25, 0.3) is 11.8 Å². The van der Waals surface area contributed by atoms with Gasteiger partial charge in [-0.15, -0.1) is 0 Å². The quantitative estimate of drug-likeness (QED) is 0.793. The normalized spacial score (nSPS) is 14.6. The van der Waals surface area contributed by atoms with Crippen molar-refractivity contribution in [2.24, 2.45) is 5.92 Å². The number of amides is 3. The molecule has 0 saturated heterocycles. The van der Waals surface area contributed by atoms with Crippen molar-refractivity contribution in [2.45, 2.75) is 19.9 Å². The first-order valence-corrected chi connectivity index (χ1v) is 8.79. The smallest absolute Gasteiger partial charge is 0.262 e. The van der Waals surface area contributed by atoms with E-state index in [4.69, 9.17) is 23.2 Å². The summed E-state index contributed by atoms with van der Waals surface area (Å²) in [6.07, 6.45) is 0. The molecule has 0 aromatic heterocycles. The molecule has 1 N–H and O–H groups in total. The second kappa shape index (κ2) is 7.09. The highest BCUT2D eigenvalue weighted by molar-refractivity contribution is 6.35. The summed E-state index contributed by atoms with van der Waals surface area (Å²) < 4.78 is 0. The second-order valence-corrected chi connectivity index (χ2v) is 7.17. The van der Waals surface area contributed by atoms with Gasteiger partial charge in [-0.25, -0.2) is 0 Å². The molecule has 26 heavy (non-hydrogen) atoms. The number of carbonyl (C=O) groups excluding carboxylic acids is 3. The van der Waals surface area contributed by atoms with Crippen LogP contribution in [0.1, 0.15) is 34.6 Å². The Morgan fingerprint density at radius 3 is 2.12 bits per heavy atom. The van der Waals surface area contributed by atoms with E-state index < -0.39 is 23.8 Å². The maximum Gasteiger partial charge on any atom is 0.262 e. The molecule has 0 aliphatic carbocycles. The Morgan fingerprint density at radius 2 is 1.58 bits per heavy atom. The Balaban J connectivity index is 1.93. The highest BCUT2D eigenvalue weighted by Crippen LogP contribution is 2.29. The van der Waals surface area contributed by atoms with Crippen molar-refractivity contribution in [3.05, 3.63) is 63.6 Å². The minimum atomic E-state index is -0.975. The van der Waals surface area contributed by atoms with Gasteiger partial charge >= 0.3 is 0 Å². The van der Waals surface area contributed by atoms with Gasteiger partial charge in [-0.3, -0.25) is 19.3 Å². The summed E-state index contributed by atoms with van der Waals surface area (Å²) in [5, 5.41) is 3.40. The third-order valence-electron chi connectivity index (χ3n) is 4.19. The van der Waals surface area contributed by atoms with Gasteiger partial charge < -0.3 is 5.32 Å². The molecule has 1 unspecified atom stereocenters. The minimum Gasteiger partial charge on any atom is -0.323 e. The number of benzene rings is 2. The lowest BCUT2D eigenvalue weighted by molar-refractivity contribution is -0.121. The first kappa shape index (κ1) is 18.4. The molecule has 1 heterocycles. The van der Waals surface area contributed by atoms with Crippen LogP contribution in [0.25, 0.3) is 0 Å². The molecule has 134 valence electrons. The van der Waals surface area contributed by atoms with Gasteiger partial charge in [0.05, 0.1) is 21.8 Å². The van der Waals surface area contributed by atoms with Crippen LogP contribution in [-0.4, -0.2) is 28.7 Å². The number of carbonyl (C=O) groups is 3. The van der Waals surface area contributed by atoms with Crippen LogP contribution < -0.4 is 5.32 Å². The fourth-order valence-electron chi connectivity index (χ4n) is 2.98. The van der Waals surface area contributed by atoms with Crippen LogP contribution in [0.3, 0.4) is 0 Å². The Bertz CT molecular complexity index is 876. The lowest BCUT2D eigenvalue weighted by atomic mass is 10.0. The molecule has 3 amide bonds. The summed E-state index contributed by atoms with van der Waals surface area (Å²) in [6.45, 7) is 3.54. The van der Waals surface area contributed by atoms with E-state index >= 15 is 0 Å². The Labute approximate surface area is 160 Å². The van der Waals surface area contributed by atoms with Crippen molar-refractivity contribution in [2.75, 3.05) is 5.32 Å². The van der Waals surface area contributed by atoms with Crippen LogP contribution in [0, 0.1) is 5.92 Å². The third-order valence-corrected chi connectivity index (χ3v) is 4.75. The molecule has 2 aromatic carbocycles. The summed E-state index contributed by atoms with van der Waals surface area (Å²) >= 11 is 12.0. The standard InChI is InChI=1S/C19H16Cl2N2O3/c1-10(2)16(17(24)22-15-9-11(20)7-8-14(15)21)23-18(25)12-5-3-4-6-13(12)19(23)26/h3-10,16H,1-2H3,(H,22,24). The lowest BCUT2D eigenvalue weighted by Crippen LogP contribution is -2.50. The SMILES string of the molecule is CC(C)C(C(=O)Nc1cc(Cl)ccc1Cl)N1C(=O)c2ccccc2C1=O. The van der Waals surface area contributed by atoms with Crippen LogP contribution >= 0.6 is 23.2 Å². The number of halogens is 2. The maximum atomic E-state index is 12.9. The van der Waals surface area contributed by atoms with Gasteiger partial charge in [0, 0.05) is 5.02 Å². The largest absolute Gasteiger partial charge is 0.323 e. The van der Waals surface area contributed by atoms with Crippen LogP contribution in [0.5, 0.6) is 0 Å². The Morgan fingerprint density at radius 1 is 1.00 bits per heavy atom. The van der Waals surface area contributed by atoms with Crippen molar-refractivity contribution in [1.82, 2.24) is 4.90 Å². The third kappa shape index (κ3) is 3.20. The summed E-state index contributed by atoms with van der Waals surface area (Å²) in [5.74, 6) is -1.75. The van der Waals surface area contributed by atoms with Crippen molar-refractivity contribution in [3.63, 3.8) is 0 Å². The maximum absolute atomic E-state index is 12.9. The van der Waals surface area contributed by atoms with Gasteiger partial charge in [-0.1, -0.05) is 49.2 Å². The molecule has 0 saturated carbocycles. The average molecular weight is 391 g/mol. The van der Waals surface area contributed by atoms with Crippen LogP contribution in [0.4, 0.5) is 5.69 Å². The van der Waals surface area contributed by atoms with E-state index in [1.165, 1.54) is 6.07 Å². The zero-order valence-electron chi connectivity index (χ0n) is 14.1. The Kier molecular flexibility index (Phi) is 5.03. The van der Waals surface area contributed by atoms with Crippen LogP contribution in [0.2, 0.25) is 10.0 Å². The van der Waals surface area contributed by atoms with Gasteiger partial charge in [-0.2, -0.15) is 0 Å².